The number of nitrogens with zero attached hydrogens (tertiary/aromatic N) is 1. The summed E-state index contributed by atoms with van der Waals surface area (Å²) in [5.74, 6) is 0.583. The van der Waals surface area contributed by atoms with Gasteiger partial charge in [0.15, 0.2) is 0 Å². The quantitative estimate of drug-likeness (QED) is 0.812. The van der Waals surface area contributed by atoms with Crippen LogP contribution in [0.5, 0.6) is 0 Å². The molecule has 2 aromatic rings. The van der Waals surface area contributed by atoms with E-state index in [1.165, 1.54) is 11.5 Å². The van der Waals surface area contributed by atoms with Gasteiger partial charge in [0.25, 0.3) is 0 Å². The van der Waals surface area contributed by atoms with E-state index >= 15 is 0 Å². The van der Waals surface area contributed by atoms with Gasteiger partial charge in [0, 0.05) is 6.04 Å². The Kier molecular flexibility index (Phi) is 3.89. The Morgan fingerprint density at radius 1 is 1.15 bits per heavy atom. The second-order valence-electron chi connectivity index (χ2n) is 5.29. The van der Waals surface area contributed by atoms with Crippen LogP contribution in [0.3, 0.4) is 0 Å². The molecule has 1 fully saturated rings. The van der Waals surface area contributed by atoms with Crippen molar-refractivity contribution in [3.05, 3.63) is 30.3 Å². The maximum Gasteiger partial charge on any atom is 0.147 e. The van der Waals surface area contributed by atoms with Gasteiger partial charge >= 0.3 is 0 Å². The lowest BCUT2D eigenvalue weighted by atomic mass is 9.93. The first-order chi connectivity index (χ1) is 9.74. The lowest BCUT2D eigenvalue weighted by Gasteiger charge is -2.26. The largest absolute Gasteiger partial charge is 0.393 e. The monoisotopic (exact) mass is 289 g/mol. The molecule has 4 nitrogen and oxygen atoms in total. The van der Waals surface area contributed by atoms with Gasteiger partial charge in [-0.25, -0.2) is 0 Å². The fourth-order valence-electron chi connectivity index (χ4n) is 2.69. The third-order valence-corrected chi connectivity index (χ3v) is 4.61. The normalized spacial score (nSPS) is 22.6. The summed E-state index contributed by atoms with van der Waals surface area (Å²) in [6.45, 7) is 0. The van der Waals surface area contributed by atoms with E-state index in [4.69, 9.17) is 5.73 Å². The van der Waals surface area contributed by atoms with Crippen molar-refractivity contribution in [1.29, 1.82) is 0 Å². The number of nitrogens with one attached hydrogen (secondary N) is 1. The topological polar surface area (TPSA) is 71.2 Å². The summed E-state index contributed by atoms with van der Waals surface area (Å²) >= 11 is 1.42. The molecule has 0 amide bonds. The van der Waals surface area contributed by atoms with Crippen LogP contribution < -0.4 is 11.1 Å². The predicted octanol–water partition coefficient (Wildman–Crippen LogP) is 3.11. The third-order valence-electron chi connectivity index (χ3n) is 3.81. The van der Waals surface area contributed by atoms with Crippen molar-refractivity contribution in [2.24, 2.45) is 0 Å². The summed E-state index contributed by atoms with van der Waals surface area (Å²) in [6.07, 6.45) is 3.59. The molecule has 1 saturated carbocycles. The van der Waals surface area contributed by atoms with Gasteiger partial charge in [-0.2, -0.15) is 4.37 Å². The third kappa shape index (κ3) is 2.78. The van der Waals surface area contributed by atoms with Crippen LogP contribution in [0, 0.1) is 0 Å². The van der Waals surface area contributed by atoms with Gasteiger partial charge in [-0.1, -0.05) is 30.3 Å². The zero-order valence-electron chi connectivity index (χ0n) is 11.2. The fraction of sp³-hybridized carbons (Fsp3) is 0.400. The average Bonchev–Trinajstić information content (AvgIpc) is 2.83. The highest BCUT2D eigenvalue weighted by Gasteiger charge is 2.22. The van der Waals surface area contributed by atoms with E-state index in [9.17, 15) is 5.11 Å². The standard InChI is InChI=1S/C15H19N3OS/c16-14-13(10-4-2-1-3-5-10)15(20-18-14)17-11-6-8-12(19)9-7-11/h1-5,11-12,17,19H,6-9H2,(H2,16,18). The Labute approximate surface area is 122 Å². The lowest BCUT2D eigenvalue weighted by molar-refractivity contribution is 0.126. The van der Waals surface area contributed by atoms with Crippen molar-refractivity contribution in [1.82, 2.24) is 4.37 Å². The summed E-state index contributed by atoms with van der Waals surface area (Å²) in [5.41, 5.74) is 8.12. The highest BCUT2D eigenvalue weighted by Crippen LogP contribution is 2.38. The van der Waals surface area contributed by atoms with Crippen molar-refractivity contribution >= 4 is 22.4 Å². The first-order valence-electron chi connectivity index (χ1n) is 6.99. The maximum absolute atomic E-state index is 9.57. The van der Waals surface area contributed by atoms with E-state index in [2.05, 4.69) is 21.8 Å². The SMILES string of the molecule is Nc1nsc(NC2CCC(O)CC2)c1-c1ccccc1. The molecule has 5 heteroatoms. The average molecular weight is 289 g/mol. The Hall–Kier alpha value is -1.59. The number of hydrogen-bond acceptors (Lipinski definition) is 5. The summed E-state index contributed by atoms with van der Waals surface area (Å²) < 4.78 is 4.28. The van der Waals surface area contributed by atoms with Crippen LogP contribution in [0.2, 0.25) is 0 Å². The van der Waals surface area contributed by atoms with Crippen molar-refractivity contribution in [3.8, 4) is 11.1 Å². The molecule has 0 radical (unpaired) electrons. The highest BCUT2D eigenvalue weighted by atomic mass is 32.1. The lowest BCUT2D eigenvalue weighted by Crippen LogP contribution is -2.28. The van der Waals surface area contributed by atoms with Crippen molar-refractivity contribution < 1.29 is 5.11 Å². The number of anilines is 2. The van der Waals surface area contributed by atoms with Crippen LogP contribution in [0.4, 0.5) is 10.8 Å². The molecule has 0 unspecified atom stereocenters. The molecule has 1 aromatic carbocycles. The molecular weight excluding hydrogens is 270 g/mol. The van der Waals surface area contributed by atoms with E-state index in [1.807, 2.05) is 18.2 Å². The molecule has 1 heterocycles. The van der Waals surface area contributed by atoms with Gasteiger partial charge in [-0.15, -0.1) is 0 Å². The summed E-state index contributed by atoms with van der Waals surface area (Å²) in [5, 5.41) is 14.2. The van der Waals surface area contributed by atoms with E-state index < -0.39 is 0 Å². The van der Waals surface area contributed by atoms with Gasteiger partial charge < -0.3 is 16.2 Å². The molecule has 1 aliphatic carbocycles. The maximum atomic E-state index is 9.57. The molecule has 0 bridgehead atoms. The van der Waals surface area contributed by atoms with Gasteiger partial charge in [0.2, 0.25) is 0 Å². The van der Waals surface area contributed by atoms with Crippen LogP contribution in [0.15, 0.2) is 30.3 Å². The molecule has 0 atom stereocenters. The highest BCUT2D eigenvalue weighted by molar-refractivity contribution is 7.11. The van der Waals surface area contributed by atoms with Crippen LogP contribution >= 0.6 is 11.5 Å². The Morgan fingerprint density at radius 2 is 1.85 bits per heavy atom. The van der Waals surface area contributed by atoms with Gasteiger partial charge in [0.1, 0.15) is 10.8 Å². The van der Waals surface area contributed by atoms with Crippen LogP contribution in [0.1, 0.15) is 25.7 Å². The van der Waals surface area contributed by atoms with Crippen LogP contribution in [-0.4, -0.2) is 21.6 Å². The van der Waals surface area contributed by atoms with Crippen molar-refractivity contribution in [2.45, 2.75) is 37.8 Å². The molecule has 4 N–H and O–H groups in total. The zero-order valence-corrected chi connectivity index (χ0v) is 12.1. The van der Waals surface area contributed by atoms with E-state index in [0.29, 0.717) is 11.9 Å². The smallest absolute Gasteiger partial charge is 0.147 e. The van der Waals surface area contributed by atoms with Crippen LogP contribution in [0.25, 0.3) is 11.1 Å². The molecular formula is C15H19N3OS. The minimum Gasteiger partial charge on any atom is -0.393 e. The van der Waals surface area contributed by atoms with Crippen molar-refractivity contribution in [2.75, 3.05) is 11.1 Å². The van der Waals surface area contributed by atoms with E-state index in [0.717, 1.165) is 41.8 Å². The molecule has 1 aliphatic rings. The number of nitrogens with two attached hydrogens (primary N) is 1. The number of aromatic nitrogens is 1. The van der Waals surface area contributed by atoms with Gasteiger partial charge in [-0.05, 0) is 42.8 Å². The molecule has 20 heavy (non-hydrogen) atoms. The van der Waals surface area contributed by atoms with Crippen LogP contribution in [-0.2, 0) is 0 Å². The number of nitrogen functional groups attached to an aromatic ring is 1. The minimum atomic E-state index is -0.131. The van der Waals surface area contributed by atoms with Gasteiger partial charge in [0.05, 0.1) is 11.7 Å². The number of aliphatic hydroxyl groups excluding tert-OH is 1. The summed E-state index contributed by atoms with van der Waals surface area (Å²) in [7, 11) is 0. The summed E-state index contributed by atoms with van der Waals surface area (Å²) in [6, 6.07) is 10.5. The van der Waals surface area contributed by atoms with Crippen molar-refractivity contribution in [3.63, 3.8) is 0 Å². The minimum absolute atomic E-state index is 0.131. The second-order valence-corrected chi connectivity index (χ2v) is 6.06. The summed E-state index contributed by atoms with van der Waals surface area (Å²) in [4.78, 5) is 0. The second kappa shape index (κ2) is 5.81. The fourth-order valence-corrected chi connectivity index (χ4v) is 3.50. The Morgan fingerprint density at radius 3 is 2.55 bits per heavy atom. The molecule has 3 rings (SSSR count). The zero-order chi connectivity index (χ0) is 13.9. The Bertz CT molecular complexity index is 562. The van der Waals surface area contributed by atoms with E-state index in [-0.39, 0.29) is 6.10 Å². The first kappa shape index (κ1) is 13.4. The van der Waals surface area contributed by atoms with Gasteiger partial charge in [-0.3, -0.25) is 0 Å². The predicted molar refractivity (Wildman–Crippen MR) is 83.8 cm³/mol. The molecule has 106 valence electrons. The number of hydrogen-bond donors (Lipinski definition) is 3. The molecule has 0 spiro atoms. The molecule has 0 aliphatic heterocycles. The Balaban J connectivity index is 1.81. The number of benzene rings is 1. The first-order valence-corrected chi connectivity index (χ1v) is 7.76. The number of aliphatic hydroxyl groups is 1. The van der Waals surface area contributed by atoms with E-state index in [1.54, 1.807) is 0 Å². The number of rotatable bonds is 3. The molecule has 0 saturated heterocycles. The molecule has 1 aromatic heterocycles.